The van der Waals surface area contributed by atoms with Gasteiger partial charge in [-0.15, -0.1) is 0 Å². The molecule has 0 bridgehead atoms. The van der Waals surface area contributed by atoms with E-state index in [9.17, 15) is 4.79 Å². The fourth-order valence-electron chi connectivity index (χ4n) is 1.93. The molecular formula is C17H15ClN2O2. The van der Waals surface area contributed by atoms with Crippen molar-refractivity contribution in [2.24, 2.45) is 0 Å². The lowest BCUT2D eigenvalue weighted by molar-refractivity contribution is 0.147. The number of hydrogen-bond donors (Lipinski definition) is 0. The van der Waals surface area contributed by atoms with Gasteiger partial charge in [0.1, 0.15) is 6.61 Å². The molecule has 22 heavy (non-hydrogen) atoms. The van der Waals surface area contributed by atoms with Gasteiger partial charge in [-0.05, 0) is 23.8 Å². The van der Waals surface area contributed by atoms with Gasteiger partial charge in [0.05, 0.1) is 12.5 Å². The van der Waals surface area contributed by atoms with Crippen molar-refractivity contribution >= 4 is 23.4 Å². The molecule has 0 spiro atoms. The first-order chi connectivity index (χ1) is 10.7. The van der Waals surface area contributed by atoms with Gasteiger partial charge in [0.25, 0.3) is 0 Å². The maximum Gasteiger partial charge on any atom is 0.414 e. The number of anilines is 1. The van der Waals surface area contributed by atoms with Crippen LogP contribution in [-0.4, -0.2) is 12.6 Å². The summed E-state index contributed by atoms with van der Waals surface area (Å²) in [6.45, 7) is 0.438. The molecule has 0 unspecified atom stereocenters. The van der Waals surface area contributed by atoms with Crippen LogP contribution < -0.4 is 4.90 Å². The van der Waals surface area contributed by atoms with Crippen molar-refractivity contribution < 1.29 is 9.53 Å². The van der Waals surface area contributed by atoms with Crippen LogP contribution in [0.5, 0.6) is 0 Å². The minimum atomic E-state index is -0.499. The van der Waals surface area contributed by atoms with Crippen molar-refractivity contribution in [3.63, 3.8) is 0 Å². The molecule has 0 saturated heterocycles. The number of halogens is 1. The first-order valence-electron chi connectivity index (χ1n) is 6.81. The summed E-state index contributed by atoms with van der Waals surface area (Å²) in [6, 6.07) is 18.4. The van der Waals surface area contributed by atoms with Crippen LogP contribution >= 0.6 is 11.6 Å². The van der Waals surface area contributed by atoms with Crippen LogP contribution in [-0.2, 0) is 11.3 Å². The highest BCUT2D eigenvalue weighted by Gasteiger charge is 2.17. The average molecular weight is 315 g/mol. The molecule has 5 heteroatoms. The maximum absolute atomic E-state index is 12.3. The van der Waals surface area contributed by atoms with E-state index in [1.807, 2.05) is 36.4 Å². The molecule has 0 aliphatic carbocycles. The van der Waals surface area contributed by atoms with Crippen LogP contribution in [0.15, 0.2) is 54.6 Å². The van der Waals surface area contributed by atoms with Gasteiger partial charge in [-0.25, -0.2) is 4.79 Å². The summed E-state index contributed by atoms with van der Waals surface area (Å²) in [4.78, 5) is 13.7. The normalized spacial score (nSPS) is 9.82. The SMILES string of the molecule is N#CCCN(C(=O)OCc1ccccc1)c1cccc(Cl)c1. The fourth-order valence-corrected chi connectivity index (χ4v) is 2.11. The Morgan fingerprint density at radius 1 is 1.18 bits per heavy atom. The van der Waals surface area contributed by atoms with Gasteiger partial charge >= 0.3 is 6.09 Å². The number of nitriles is 1. The maximum atomic E-state index is 12.3. The van der Waals surface area contributed by atoms with E-state index in [1.165, 1.54) is 4.90 Å². The van der Waals surface area contributed by atoms with E-state index < -0.39 is 6.09 Å². The summed E-state index contributed by atoms with van der Waals surface area (Å²) in [5.74, 6) is 0. The summed E-state index contributed by atoms with van der Waals surface area (Å²) in [6.07, 6.45) is -0.284. The van der Waals surface area contributed by atoms with Crippen molar-refractivity contribution in [3.8, 4) is 6.07 Å². The van der Waals surface area contributed by atoms with E-state index in [1.54, 1.807) is 24.3 Å². The molecule has 2 aromatic carbocycles. The highest BCUT2D eigenvalue weighted by Crippen LogP contribution is 2.21. The van der Waals surface area contributed by atoms with Gasteiger partial charge in [0.2, 0.25) is 0 Å². The minimum Gasteiger partial charge on any atom is -0.444 e. The number of amides is 1. The molecule has 0 aromatic heterocycles. The van der Waals surface area contributed by atoms with Crippen LogP contribution in [0.2, 0.25) is 5.02 Å². The highest BCUT2D eigenvalue weighted by molar-refractivity contribution is 6.30. The van der Waals surface area contributed by atoms with Crippen LogP contribution in [0, 0.1) is 11.3 Å². The quantitative estimate of drug-likeness (QED) is 0.822. The van der Waals surface area contributed by atoms with Gasteiger partial charge in [-0.1, -0.05) is 48.0 Å². The van der Waals surface area contributed by atoms with Crippen molar-refractivity contribution in [1.29, 1.82) is 5.26 Å². The summed E-state index contributed by atoms with van der Waals surface area (Å²) in [7, 11) is 0. The lowest BCUT2D eigenvalue weighted by atomic mass is 10.2. The summed E-state index contributed by atoms with van der Waals surface area (Å²) in [5, 5.41) is 9.27. The topological polar surface area (TPSA) is 53.3 Å². The predicted molar refractivity (Wildman–Crippen MR) is 85.7 cm³/mol. The Kier molecular flexibility index (Phi) is 5.81. The van der Waals surface area contributed by atoms with Gasteiger partial charge in [0, 0.05) is 17.3 Å². The Balaban J connectivity index is 2.08. The third-order valence-electron chi connectivity index (χ3n) is 2.99. The van der Waals surface area contributed by atoms with E-state index >= 15 is 0 Å². The molecule has 0 N–H and O–H groups in total. The smallest absolute Gasteiger partial charge is 0.414 e. The number of carbonyl (C=O) groups excluding carboxylic acids is 1. The number of hydrogen-bond acceptors (Lipinski definition) is 3. The summed E-state index contributed by atoms with van der Waals surface area (Å²) in [5.41, 5.74) is 1.52. The first kappa shape index (κ1) is 15.9. The second-order valence-electron chi connectivity index (χ2n) is 4.58. The number of benzene rings is 2. The molecule has 0 saturated carbocycles. The van der Waals surface area contributed by atoms with Gasteiger partial charge < -0.3 is 4.74 Å². The standard InChI is InChI=1S/C17H15ClN2O2/c18-15-8-4-9-16(12-15)20(11-5-10-19)17(21)22-13-14-6-2-1-3-7-14/h1-4,6-9,12H,5,11,13H2. The van der Waals surface area contributed by atoms with Crippen molar-refractivity contribution in [1.82, 2.24) is 0 Å². The molecule has 112 valence electrons. The zero-order valence-electron chi connectivity index (χ0n) is 11.9. The Hall–Kier alpha value is -2.51. The van der Waals surface area contributed by atoms with Gasteiger partial charge in [-0.2, -0.15) is 5.26 Å². The number of carbonyl (C=O) groups is 1. The van der Waals surface area contributed by atoms with E-state index in [2.05, 4.69) is 0 Å². The molecule has 1 amide bonds. The molecule has 0 atom stereocenters. The number of rotatable bonds is 5. The van der Waals surface area contributed by atoms with Crippen LogP contribution in [0.1, 0.15) is 12.0 Å². The minimum absolute atomic E-state index is 0.184. The monoisotopic (exact) mass is 314 g/mol. The second kappa shape index (κ2) is 8.06. The van der Waals surface area contributed by atoms with Crippen molar-refractivity contribution in [2.75, 3.05) is 11.4 Å². The van der Waals surface area contributed by atoms with Gasteiger partial charge in [-0.3, -0.25) is 4.90 Å². The van der Waals surface area contributed by atoms with Crippen LogP contribution in [0.4, 0.5) is 10.5 Å². The largest absolute Gasteiger partial charge is 0.444 e. The molecule has 4 nitrogen and oxygen atoms in total. The van der Waals surface area contributed by atoms with E-state index in [-0.39, 0.29) is 19.6 Å². The van der Waals surface area contributed by atoms with Crippen LogP contribution in [0.25, 0.3) is 0 Å². The van der Waals surface area contributed by atoms with E-state index in [0.29, 0.717) is 10.7 Å². The van der Waals surface area contributed by atoms with Crippen molar-refractivity contribution in [3.05, 3.63) is 65.2 Å². The fraction of sp³-hybridized carbons (Fsp3) is 0.176. The third kappa shape index (κ3) is 4.51. The lowest BCUT2D eigenvalue weighted by Gasteiger charge is -2.21. The zero-order chi connectivity index (χ0) is 15.8. The number of nitrogens with zero attached hydrogens (tertiary/aromatic N) is 2. The first-order valence-corrected chi connectivity index (χ1v) is 7.19. The van der Waals surface area contributed by atoms with Gasteiger partial charge in [0.15, 0.2) is 0 Å². The molecular weight excluding hydrogens is 300 g/mol. The Labute approximate surface area is 134 Å². The zero-order valence-corrected chi connectivity index (χ0v) is 12.7. The average Bonchev–Trinajstić information content (AvgIpc) is 2.54. The predicted octanol–water partition coefficient (Wildman–Crippen LogP) is 4.40. The third-order valence-corrected chi connectivity index (χ3v) is 3.23. The van der Waals surface area contributed by atoms with E-state index in [0.717, 1.165) is 5.56 Å². The van der Waals surface area contributed by atoms with Crippen molar-refractivity contribution in [2.45, 2.75) is 13.0 Å². The summed E-state index contributed by atoms with van der Waals surface area (Å²) >= 11 is 5.96. The molecule has 2 aromatic rings. The van der Waals surface area contributed by atoms with E-state index in [4.69, 9.17) is 21.6 Å². The number of ether oxygens (including phenoxy) is 1. The molecule has 0 fully saturated rings. The molecule has 0 heterocycles. The molecule has 0 aliphatic heterocycles. The molecule has 0 aliphatic rings. The molecule has 2 rings (SSSR count). The second-order valence-corrected chi connectivity index (χ2v) is 5.02. The summed E-state index contributed by atoms with van der Waals surface area (Å²) < 4.78 is 5.32. The molecule has 0 radical (unpaired) electrons. The Morgan fingerprint density at radius 3 is 2.64 bits per heavy atom. The Bertz CT molecular complexity index is 668. The Morgan fingerprint density at radius 2 is 1.95 bits per heavy atom. The van der Waals surface area contributed by atoms with Crippen LogP contribution in [0.3, 0.4) is 0 Å². The lowest BCUT2D eigenvalue weighted by Crippen LogP contribution is -2.32. The highest BCUT2D eigenvalue weighted by atomic mass is 35.5.